The molecule has 1 aliphatic heterocycles. The Labute approximate surface area is 135 Å². The Balaban J connectivity index is 1.44. The normalized spacial score (nSPS) is 15.9. The number of ether oxygens (including phenoxy) is 2. The van der Waals surface area contributed by atoms with E-state index in [0.717, 1.165) is 22.7 Å². The first-order valence-electron chi connectivity index (χ1n) is 7.71. The lowest BCUT2D eigenvalue weighted by molar-refractivity contribution is -0.121. The molecule has 2 aromatic carbocycles. The van der Waals surface area contributed by atoms with Gasteiger partial charge >= 0.3 is 0 Å². The molecule has 0 saturated heterocycles. The summed E-state index contributed by atoms with van der Waals surface area (Å²) in [6, 6.07) is 15.1. The minimum absolute atomic E-state index is 0.0179. The van der Waals surface area contributed by atoms with Gasteiger partial charge in [-0.1, -0.05) is 30.3 Å². The molecule has 5 nitrogen and oxygen atoms in total. The maximum atomic E-state index is 12.0. The molecule has 0 saturated carbocycles. The summed E-state index contributed by atoms with van der Waals surface area (Å²) in [7, 11) is 0. The number of carbonyl (C=O) groups is 1. The molecule has 3 N–H and O–H groups in total. The highest BCUT2D eigenvalue weighted by atomic mass is 16.6. The van der Waals surface area contributed by atoms with Crippen molar-refractivity contribution in [2.24, 2.45) is 0 Å². The number of carbonyl (C=O) groups excluding carboxylic acids is 1. The van der Waals surface area contributed by atoms with E-state index in [9.17, 15) is 4.79 Å². The topological polar surface area (TPSA) is 73.6 Å². The van der Waals surface area contributed by atoms with Gasteiger partial charge in [-0.2, -0.15) is 0 Å². The summed E-state index contributed by atoms with van der Waals surface area (Å²) in [6.45, 7) is 0.861. The van der Waals surface area contributed by atoms with Gasteiger partial charge < -0.3 is 20.5 Å². The number of hydrogen-bond acceptors (Lipinski definition) is 4. The number of rotatable bonds is 5. The van der Waals surface area contributed by atoms with Gasteiger partial charge in [-0.3, -0.25) is 4.79 Å². The van der Waals surface area contributed by atoms with E-state index >= 15 is 0 Å². The van der Waals surface area contributed by atoms with Gasteiger partial charge in [0.05, 0.1) is 6.54 Å². The third-order valence-corrected chi connectivity index (χ3v) is 3.77. The maximum Gasteiger partial charge on any atom is 0.220 e. The molecule has 2 aromatic rings. The van der Waals surface area contributed by atoms with Crippen molar-refractivity contribution in [3.63, 3.8) is 0 Å². The number of nitrogens with two attached hydrogens (primary N) is 1. The third-order valence-electron chi connectivity index (χ3n) is 3.77. The number of nitrogens with one attached hydrogen (secondary N) is 1. The van der Waals surface area contributed by atoms with Crippen molar-refractivity contribution in [2.45, 2.75) is 18.9 Å². The Kier molecular flexibility index (Phi) is 4.66. The van der Waals surface area contributed by atoms with Gasteiger partial charge in [-0.15, -0.1) is 0 Å². The lowest BCUT2D eigenvalue weighted by Gasteiger charge is -2.26. The zero-order chi connectivity index (χ0) is 16.1. The molecule has 0 spiro atoms. The van der Waals surface area contributed by atoms with Gasteiger partial charge in [-0.05, 0) is 30.2 Å². The molecule has 1 unspecified atom stereocenters. The Morgan fingerprint density at radius 3 is 2.70 bits per heavy atom. The summed E-state index contributed by atoms with van der Waals surface area (Å²) >= 11 is 0. The Hall–Kier alpha value is -2.69. The number of nitrogen functional groups attached to an aromatic ring is 1. The number of hydrogen-bond donors (Lipinski definition) is 2. The second-order valence-electron chi connectivity index (χ2n) is 5.50. The number of aryl methyl sites for hydroxylation is 1. The number of para-hydroxylation sites is 3. The number of benzene rings is 2. The van der Waals surface area contributed by atoms with Crippen molar-refractivity contribution >= 4 is 11.6 Å². The van der Waals surface area contributed by atoms with Crippen LogP contribution in [0.5, 0.6) is 11.5 Å². The average Bonchev–Trinajstić information content (AvgIpc) is 2.59. The first-order chi connectivity index (χ1) is 11.2. The van der Waals surface area contributed by atoms with Crippen LogP contribution in [0.15, 0.2) is 48.5 Å². The number of fused-ring (bicyclic) bond motifs is 1. The second-order valence-corrected chi connectivity index (χ2v) is 5.50. The molecule has 0 radical (unpaired) electrons. The summed E-state index contributed by atoms with van der Waals surface area (Å²) in [5.74, 6) is 1.44. The molecule has 1 aliphatic rings. The smallest absolute Gasteiger partial charge is 0.220 e. The van der Waals surface area contributed by atoms with Gasteiger partial charge in [0.1, 0.15) is 12.7 Å². The fraction of sp³-hybridized carbons (Fsp3) is 0.278. The highest BCUT2D eigenvalue weighted by Crippen LogP contribution is 2.30. The molecular weight excluding hydrogens is 292 g/mol. The molecule has 0 aliphatic carbocycles. The van der Waals surface area contributed by atoms with Crippen molar-refractivity contribution in [1.29, 1.82) is 0 Å². The van der Waals surface area contributed by atoms with Crippen LogP contribution in [-0.4, -0.2) is 25.2 Å². The van der Waals surface area contributed by atoms with Crippen LogP contribution in [0.25, 0.3) is 0 Å². The van der Waals surface area contributed by atoms with Crippen molar-refractivity contribution in [3.8, 4) is 11.5 Å². The van der Waals surface area contributed by atoms with Gasteiger partial charge in [-0.25, -0.2) is 0 Å². The van der Waals surface area contributed by atoms with Gasteiger partial charge in [0.2, 0.25) is 5.91 Å². The summed E-state index contributed by atoms with van der Waals surface area (Å²) in [6.07, 6.45) is 0.859. The van der Waals surface area contributed by atoms with E-state index < -0.39 is 0 Å². The van der Waals surface area contributed by atoms with E-state index in [1.165, 1.54) is 0 Å². The molecular formula is C18H20N2O3. The Bertz CT molecular complexity index is 687. The van der Waals surface area contributed by atoms with E-state index in [1.54, 1.807) is 0 Å². The van der Waals surface area contributed by atoms with E-state index in [1.807, 2.05) is 48.5 Å². The summed E-state index contributed by atoms with van der Waals surface area (Å²) in [5.41, 5.74) is 7.59. The standard InChI is InChI=1S/C18H20N2O3/c19-15-6-2-1-5-13(15)9-10-18(21)20-11-14-12-22-16-7-3-4-8-17(16)23-14/h1-8,14H,9-12,19H2,(H,20,21). The van der Waals surface area contributed by atoms with E-state index in [-0.39, 0.29) is 12.0 Å². The van der Waals surface area contributed by atoms with Crippen LogP contribution in [0.3, 0.4) is 0 Å². The first-order valence-corrected chi connectivity index (χ1v) is 7.71. The van der Waals surface area contributed by atoms with Crippen molar-refractivity contribution < 1.29 is 14.3 Å². The van der Waals surface area contributed by atoms with Crippen LogP contribution in [0.1, 0.15) is 12.0 Å². The summed E-state index contributed by atoms with van der Waals surface area (Å²) in [5, 5.41) is 2.89. The lowest BCUT2D eigenvalue weighted by Crippen LogP contribution is -2.40. The van der Waals surface area contributed by atoms with E-state index in [0.29, 0.717) is 26.0 Å². The molecule has 0 fully saturated rings. The number of anilines is 1. The number of amides is 1. The quantitative estimate of drug-likeness (QED) is 0.830. The van der Waals surface area contributed by atoms with Crippen LogP contribution in [0, 0.1) is 0 Å². The SMILES string of the molecule is Nc1ccccc1CCC(=O)NCC1COc2ccccc2O1. The Morgan fingerprint density at radius 2 is 1.87 bits per heavy atom. The summed E-state index contributed by atoms with van der Waals surface area (Å²) < 4.78 is 11.4. The molecule has 1 heterocycles. The predicted molar refractivity (Wildman–Crippen MR) is 88.5 cm³/mol. The largest absolute Gasteiger partial charge is 0.486 e. The molecule has 3 rings (SSSR count). The molecule has 1 atom stereocenters. The lowest BCUT2D eigenvalue weighted by atomic mass is 10.1. The second kappa shape index (κ2) is 7.05. The first kappa shape index (κ1) is 15.2. The highest BCUT2D eigenvalue weighted by molar-refractivity contribution is 5.76. The van der Waals surface area contributed by atoms with Gasteiger partial charge in [0, 0.05) is 12.1 Å². The molecule has 1 amide bonds. The molecule has 23 heavy (non-hydrogen) atoms. The zero-order valence-corrected chi connectivity index (χ0v) is 12.8. The fourth-order valence-electron chi connectivity index (χ4n) is 2.49. The van der Waals surface area contributed by atoms with Gasteiger partial charge in [0.25, 0.3) is 0 Å². The molecule has 0 aromatic heterocycles. The average molecular weight is 312 g/mol. The molecule has 0 bridgehead atoms. The van der Waals surface area contributed by atoms with Crippen molar-refractivity contribution in [2.75, 3.05) is 18.9 Å². The van der Waals surface area contributed by atoms with Crippen LogP contribution >= 0.6 is 0 Å². The molecule has 5 heteroatoms. The Morgan fingerprint density at radius 1 is 1.13 bits per heavy atom. The van der Waals surface area contributed by atoms with Gasteiger partial charge in [0.15, 0.2) is 11.5 Å². The van der Waals surface area contributed by atoms with Crippen molar-refractivity contribution in [1.82, 2.24) is 5.32 Å². The predicted octanol–water partition coefficient (Wildman–Crippen LogP) is 2.16. The zero-order valence-electron chi connectivity index (χ0n) is 12.8. The third kappa shape index (κ3) is 3.94. The minimum atomic E-state index is -0.171. The monoisotopic (exact) mass is 312 g/mol. The summed E-state index contributed by atoms with van der Waals surface area (Å²) in [4.78, 5) is 12.0. The maximum absolute atomic E-state index is 12.0. The van der Waals surface area contributed by atoms with Crippen LogP contribution in [0.4, 0.5) is 5.69 Å². The minimum Gasteiger partial charge on any atom is -0.486 e. The van der Waals surface area contributed by atoms with Crippen LogP contribution < -0.4 is 20.5 Å². The van der Waals surface area contributed by atoms with Crippen molar-refractivity contribution in [3.05, 3.63) is 54.1 Å². The van der Waals surface area contributed by atoms with Crippen LogP contribution in [-0.2, 0) is 11.2 Å². The highest BCUT2D eigenvalue weighted by Gasteiger charge is 2.20. The van der Waals surface area contributed by atoms with E-state index in [4.69, 9.17) is 15.2 Å². The fourth-order valence-corrected chi connectivity index (χ4v) is 2.49. The molecule has 120 valence electrons. The van der Waals surface area contributed by atoms with Crippen LogP contribution in [0.2, 0.25) is 0 Å². The van der Waals surface area contributed by atoms with E-state index in [2.05, 4.69) is 5.32 Å².